The molecule has 0 aliphatic heterocycles. The first-order chi connectivity index (χ1) is 10.7. The van der Waals surface area contributed by atoms with Gasteiger partial charge in [0.25, 0.3) is 0 Å². The van der Waals surface area contributed by atoms with Crippen LogP contribution < -0.4 is 4.74 Å². The molecule has 1 aliphatic carbocycles. The lowest BCUT2D eigenvalue weighted by atomic mass is 9.60. The van der Waals surface area contributed by atoms with Crippen LogP contribution in [0.5, 0.6) is 5.75 Å². The fraction of sp³-hybridized carbons (Fsp3) is 0.500. The van der Waals surface area contributed by atoms with Crippen molar-refractivity contribution in [2.45, 2.75) is 38.7 Å². The van der Waals surface area contributed by atoms with E-state index in [1.165, 1.54) is 27.9 Å². The van der Waals surface area contributed by atoms with Gasteiger partial charge in [-0.25, -0.2) is 0 Å². The van der Waals surface area contributed by atoms with E-state index in [4.69, 9.17) is 4.74 Å². The van der Waals surface area contributed by atoms with Crippen molar-refractivity contribution < 1.29 is 24.2 Å². The molecule has 1 N–H and O–H groups in total. The van der Waals surface area contributed by atoms with Crippen molar-refractivity contribution in [1.82, 2.24) is 0 Å². The zero-order valence-corrected chi connectivity index (χ0v) is 13.8. The fourth-order valence-electron chi connectivity index (χ4n) is 3.76. The van der Waals surface area contributed by atoms with Crippen molar-refractivity contribution in [3.8, 4) is 5.75 Å². The summed E-state index contributed by atoms with van der Waals surface area (Å²) in [5.41, 5.74) is -0.819. The molecule has 23 heavy (non-hydrogen) atoms. The third kappa shape index (κ3) is 3.20. The van der Waals surface area contributed by atoms with E-state index in [2.05, 4.69) is 0 Å². The summed E-state index contributed by atoms with van der Waals surface area (Å²) in [5, 5.41) is 10.6. The maximum absolute atomic E-state index is 12.4. The highest BCUT2D eigenvalue weighted by Gasteiger charge is 2.53. The first kappa shape index (κ1) is 17.3. The summed E-state index contributed by atoms with van der Waals surface area (Å²) in [7, 11) is 1.52. The van der Waals surface area contributed by atoms with Crippen molar-refractivity contribution in [2.24, 2.45) is 11.8 Å². The Balaban J connectivity index is 2.64. The Morgan fingerprint density at radius 1 is 1.26 bits per heavy atom. The Labute approximate surface area is 135 Å². The second-order valence-corrected chi connectivity index (χ2v) is 6.48. The van der Waals surface area contributed by atoms with Crippen molar-refractivity contribution in [3.63, 3.8) is 0 Å². The quantitative estimate of drug-likeness (QED) is 0.858. The standard InChI is InChI=1S/C18H22O5/c1-10(19)15-14(21)9-18(3,22)17(11(2)20)16(15)12-6-5-7-13(8-12)23-4/h5-8,15-17,22H,9H2,1-4H3. The Morgan fingerprint density at radius 3 is 2.43 bits per heavy atom. The van der Waals surface area contributed by atoms with Gasteiger partial charge in [-0.15, -0.1) is 0 Å². The van der Waals surface area contributed by atoms with Gasteiger partial charge >= 0.3 is 0 Å². The van der Waals surface area contributed by atoms with Gasteiger partial charge in [-0.2, -0.15) is 0 Å². The summed E-state index contributed by atoms with van der Waals surface area (Å²) in [6.07, 6.45) is -0.192. The Hall–Kier alpha value is -2.01. The molecule has 4 atom stereocenters. The molecule has 1 saturated carbocycles. The number of hydrogen-bond acceptors (Lipinski definition) is 5. The summed E-state index contributed by atoms with van der Waals surface area (Å²) in [6.45, 7) is 4.23. The molecule has 0 bridgehead atoms. The molecular formula is C18H22O5. The largest absolute Gasteiger partial charge is 0.497 e. The van der Waals surface area contributed by atoms with Crippen molar-refractivity contribution >= 4 is 17.3 Å². The maximum Gasteiger partial charge on any atom is 0.146 e. The summed E-state index contributed by atoms with van der Waals surface area (Å²) in [5.74, 6) is -2.70. The number of hydrogen-bond donors (Lipinski definition) is 1. The normalized spacial score (nSPS) is 30.8. The van der Waals surface area contributed by atoms with Gasteiger partial charge in [0.1, 0.15) is 23.1 Å². The van der Waals surface area contributed by atoms with E-state index in [1.54, 1.807) is 24.3 Å². The Bertz CT molecular complexity index is 647. The van der Waals surface area contributed by atoms with E-state index >= 15 is 0 Å². The minimum Gasteiger partial charge on any atom is -0.497 e. The van der Waals surface area contributed by atoms with Gasteiger partial charge in [-0.05, 0) is 38.5 Å². The van der Waals surface area contributed by atoms with Crippen LogP contribution >= 0.6 is 0 Å². The predicted octanol–water partition coefficient (Wildman–Crippen LogP) is 1.91. The second kappa shape index (κ2) is 6.24. The SMILES string of the molecule is COc1cccc(C2C(C(C)=O)C(=O)CC(C)(O)C2C(C)=O)c1. The molecule has 4 unspecified atom stereocenters. The van der Waals surface area contributed by atoms with Crippen LogP contribution in [0.25, 0.3) is 0 Å². The van der Waals surface area contributed by atoms with Gasteiger partial charge < -0.3 is 9.84 Å². The molecule has 1 aromatic carbocycles. The van der Waals surface area contributed by atoms with Gasteiger partial charge in [0.2, 0.25) is 0 Å². The molecule has 0 aromatic heterocycles. The molecule has 1 fully saturated rings. The topological polar surface area (TPSA) is 80.7 Å². The predicted molar refractivity (Wildman–Crippen MR) is 84.3 cm³/mol. The average molecular weight is 318 g/mol. The molecule has 0 spiro atoms. The number of rotatable bonds is 4. The first-order valence-corrected chi connectivity index (χ1v) is 7.59. The lowest BCUT2D eigenvalue weighted by Gasteiger charge is -2.44. The van der Waals surface area contributed by atoms with E-state index < -0.39 is 23.4 Å². The highest BCUT2D eigenvalue weighted by molar-refractivity contribution is 6.05. The van der Waals surface area contributed by atoms with Crippen LogP contribution in [-0.4, -0.2) is 35.2 Å². The number of methoxy groups -OCH3 is 1. The number of Topliss-reactive ketones (excluding diaryl/α,β-unsaturated/α-hetero) is 3. The van der Waals surface area contributed by atoms with Crippen LogP contribution in [0.15, 0.2) is 24.3 Å². The third-order valence-corrected chi connectivity index (χ3v) is 4.62. The number of aliphatic hydroxyl groups is 1. The van der Waals surface area contributed by atoms with Crippen molar-refractivity contribution in [3.05, 3.63) is 29.8 Å². The van der Waals surface area contributed by atoms with E-state index in [9.17, 15) is 19.5 Å². The molecule has 0 radical (unpaired) electrons. The molecule has 0 amide bonds. The summed E-state index contributed by atoms with van der Waals surface area (Å²) < 4.78 is 5.20. The monoisotopic (exact) mass is 318 g/mol. The Morgan fingerprint density at radius 2 is 1.91 bits per heavy atom. The van der Waals surface area contributed by atoms with Crippen LogP contribution in [0.2, 0.25) is 0 Å². The summed E-state index contributed by atoms with van der Waals surface area (Å²) >= 11 is 0. The van der Waals surface area contributed by atoms with Crippen LogP contribution in [0, 0.1) is 11.8 Å². The smallest absolute Gasteiger partial charge is 0.146 e. The van der Waals surface area contributed by atoms with Crippen LogP contribution in [0.3, 0.4) is 0 Å². The fourth-order valence-corrected chi connectivity index (χ4v) is 3.76. The zero-order valence-electron chi connectivity index (χ0n) is 13.8. The second-order valence-electron chi connectivity index (χ2n) is 6.48. The molecule has 1 aliphatic rings. The van der Waals surface area contributed by atoms with Gasteiger partial charge in [0.15, 0.2) is 0 Å². The van der Waals surface area contributed by atoms with Crippen LogP contribution in [-0.2, 0) is 14.4 Å². The maximum atomic E-state index is 12.4. The molecule has 124 valence electrons. The molecule has 0 heterocycles. The van der Waals surface area contributed by atoms with E-state index in [1.807, 2.05) is 0 Å². The molecule has 0 saturated heterocycles. The van der Waals surface area contributed by atoms with Crippen molar-refractivity contribution in [1.29, 1.82) is 0 Å². The highest BCUT2D eigenvalue weighted by Crippen LogP contribution is 2.46. The number of ketones is 3. The molecular weight excluding hydrogens is 296 g/mol. The number of ether oxygens (including phenoxy) is 1. The molecule has 5 nitrogen and oxygen atoms in total. The number of carbonyl (C=O) groups excluding carboxylic acids is 3. The van der Waals surface area contributed by atoms with Crippen LogP contribution in [0.1, 0.15) is 38.7 Å². The van der Waals surface area contributed by atoms with Gasteiger partial charge in [0, 0.05) is 12.3 Å². The van der Waals surface area contributed by atoms with Gasteiger partial charge in [0.05, 0.1) is 24.5 Å². The summed E-state index contributed by atoms with van der Waals surface area (Å²) in [4.78, 5) is 36.7. The lowest BCUT2D eigenvalue weighted by Crippen LogP contribution is -2.53. The minimum atomic E-state index is -1.47. The zero-order chi connectivity index (χ0) is 17.4. The van der Waals surface area contributed by atoms with Gasteiger partial charge in [-0.3, -0.25) is 14.4 Å². The number of carbonyl (C=O) groups is 3. The highest BCUT2D eigenvalue weighted by atomic mass is 16.5. The lowest BCUT2D eigenvalue weighted by molar-refractivity contribution is -0.151. The van der Waals surface area contributed by atoms with E-state index in [-0.39, 0.29) is 23.8 Å². The van der Waals surface area contributed by atoms with Gasteiger partial charge in [-0.1, -0.05) is 12.1 Å². The minimum absolute atomic E-state index is 0.192. The molecule has 1 aromatic rings. The molecule has 5 heteroatoms. The summed E-state index contributed by atoms with van der Waals surface area (Å²) in [6, 6.07) is 6.97. The van der Waals surface area contributed by atoms with E-state index in [0.717, 1.165) is 0 Å². The first-order valence-electron chi connectivity index (χ1n) is 7.59. The number of benzene rings is 1. The Kier molecular flexibility index (Phi) is 4.71. The average Bonchev–Trinajstić information content (AvgIpc) is 2.44. The molecule has 2 rings (SSSR count). The van der Waals surface area contributed by atoms with Crippen LogP contribution in [0.4, 0.5) is 0 Å². The van der Waals surface area contributed by atoms with E-state index in [0.29, 0.717) is 11.3 Å². The third-order valence-electron chi connectivity index (χ3n) is 4.62. The van der Waals surface area contributed by atoms with Crippen molar-refractivity contribution in [2.75, 3.05) is 7.11 Å².